The van der Waals surface area contributed by atoms with Crippen LogP contribution in [0.5, 0.6) is 0 Å². The summed E-state index contributed by atoms with van der Waals surface area (Å²) in [6.07, 6.45) is 1.72. The lowest BCUT2D eigenvalue weighted by molar-refractivity contribution is 0.867. The van der Waals surface area contributed by atoms with E-state index in [-0.39, 0.29) is 0 Å². The predicted octanol–water partition coefficient (Wildman–Crippen LogP) is 2.50. The molecule has 3 N–H and O–H groups in total. The summed E-state index contributed by atoms with van der Waals surface area (Å²) in [4.78, 5) is 0.407. The molecule has 1 saturated heterocycles. The van der Waals surface area contributed by atoms with Crippen LogP contribution in [0.2, 0.25) is 0 Å². The summed E-state index contributed by atoms with van der Waals surface area (Å²) in [5.74, 6) is 4.40. The molecule has 21 heavy (non-hydrogen) atoms. The fourth-order valence-electron chi connectivity index (χ4n) is 2.43. The Bertz CT molecular complexity index is 501. The highest BCUT2D eigenvalue weighted by molar-refractivity contribution is 8.06. The minimum Gasteiger partial charge on any atom is -0.389 e. The highest BCUT2D eigenvalue weighted by Gasteiger charge is 2.19. The van der Waals surface area contributed by atoms with E-state index >= 15 is 0 Å². The predicted molar refractivity (Wildman–Crippen MR) is 98.7 cm³/mol. The molecule has 0 spiro atoms. The van der Waals surface area contributed by atoms with Crippen LogP contribution in [0.3, 0.4) is 0 Å². The standard InChI is InChI=1S/C14H22N4S3/c1-3-10-11(4-2)17-18-14(12(10)13(15)19)16-7-9-8-20-5-6-21-9/h9H,3-8H2,1-2H3,(H2,15,19)(H,16,18). The van der Waals surface area contributed by atoms with Gasteiger partial charge in [-0.2, -0.15) is 28.6 Å². The van der Waals surface area contributed by atoms with Crippen molar-refractivity contribution in [1.29, 1.82) is 0 Å². The fourth-order valence-corrected chi connectivity index (χ4v) is 5.26. The molecular formula is C14H22N4S3. The topological polar surface area (TPSA) is 63.8 Å². The van der Waals surface area contributed by atoms with Gasteiger partial charge in [-0.1, -0.05) is 26.1 Å². The number of hydrogen-bond donors (Lipinski definition) is 2. The molecule has 1 aliphatic rings. The van der Waals surface area contributed by atoms with E-state index in [9.17, 15) is 0 Å². The van der Waals surface area contributed by atoms with Crippen LogP contribution in [0.1, 0.15) is 30.7 Å². The zero-order chi connectivity index (χ0) is 15.2. The van der Waals surface area contributed by atoms with Gasteiger partial charge in [0.1, 0.15) is 4.99 Å². The number of hydrogen-bond acceptors (Lipinski definition) is 6. The molecule has 2 heterocycles. The Morgan fingerprint density at radius 1 is 1.33 bits per heavy atom. The number of nitrogens with two attached hydrogens (primary N) is 1. The van der Waals surface area contributed by atoms with E-state index in [1.807, 2.05) is 23.5 Å². The minimum absolute atomic E-state index is 0.407. The first kappa shape index (κ1) is 16.8. The maximum atomic E-state index is 5.94. The van der Waals surface area contributed by atoms with Crippen LogP contribution in [0, 0.1) is 0 Å². The van der Waals surface area contributed by atoms with E-state index in [0.29, 0.717) is 10.2 Å². The first-order valence-electron chi connectivity index (χ1n) is 7.28. The monoisotopic (exact) mass is 342 g/mol. The van der Waals surface area contributed by atoms with Crippen LogP contribution in [0.15, 0.2) is 0 Å². The fraction of sp³-hybridized carbons (Fsp3) is 0.643. The molecule has 0 saturated carbocycles. The summed E-state index contributed by atoms with van der Waals surface area (Å²) in [5, 5.41) is 12.7. The summed E-state index contributed by atoms with van der Waals surface area (Å²) in [6, 6.07) is 0. The highest BCUT2D eigenvalue weighted by atomic mass is 32.2. The second-order valence-electron chi connectivity index (χ2n) is 4.87. The number of thiocarbonyl (C=S) groups is 1. The van der Waals surface area contributed by atoms with Crippen LogP contribution in [0.4, 0.5) is 5.82 Å². The summed E-state index contributed by atoms with van der Waals surface area (Å²) < 4.78 is 0. The number of anilines is 1. The van der Waals surface area contributed by atoms with Gasteiger partial charge in [0.25, 0.3) is 0 Å². The van der Waals surface area contributed by atoms with Crippen LogP contribution in [-0.2, 0) is 12.8 Å². The highest BCUT2D eigenvalue weighted by Crippen LogP contribution is 2.25. The van der Waals surface area contributed by atoms with Crippen LogP contribution in [0.25, 0.3) is 0 Å². The zero-order valence-electron chi connectivity index (χ0n) is 12.5. The molecule has 0 bridgehead atoms. The molecule has 1 unspecified atom stereocenters. The molecule has 0 aromatic carbocycles. The Kier molecular flexibility index (Phi) is 6.57. The molecular weight excluding hydrogens is 320 g/mol. The summed E-state index contributed by atoms with van der Waals surface area (Å²) in [5.41, 5.74) is 8.95. The van der Waals surface area contributed by atoms with Gasteiger partial charge in [0, 0.05) is 29.1 Å². The number of rotatable bonds is 6. The summed E-state index contributed by atoms with van der Waals surface area (Å²) in [7, 11) is 0. The van der Waals surface area contributed by atoms with Crippen LogP contribution in [-0.4, -0.2) is 44.2 Å². The molecule has 116 valence electrons. The lowest BCUT2D eigenvalue weighted by atomic mass is 10.0. The van der Waals surface area contributed by atoms with Gasteiger partial charge in [0.2, 0.25) is 0 Å². The Balaban J connectivity index is 2.19. The van der Waals surface area contributed by atoms with E-state index < -0.39 is 0 Å². The first-order chi connectivity index (χ1) is 10.2. The van der Waals surface area contributed by atoms with Crippen molar-refractivity contribution in [1.82, 2.24) is 10.2 Å². The van der Waals surface area contributed by atoms with Crippen molar-refractivity contribution >= 4 is 46.5 Å². The SMILES string of the molecule is CCc1nnc(NCC2CSCCS2)c(C(N)=S)c1CC. The number of thioether (sulfide) groups is 2. The quantitative estimate of drug-likeness (QED) is 0.770. The molecule has 0 radical (unpaired) electrons. The lowest BCUT2D eigenvalue weighted by Gasteiger charge is -2.22. The minimum atomic E-state index is 0.407. The largest absolute Gasteiger partial charge is 0.389 e. The van der Waals surface area contributed by atoms with Gasteiger partial charge in [-0.3, -0.25) is 0 Å². The maximum absolute atomic E-state index is 5.94. The van der Waals surface area contributed by atoms with Crippen molar-refractivity contribution < 1.29 is 0 Å². The first-order valence-corrected chi connectivity index (χ1v) is 9.89. The van der Waals surface area contributed by atoms with Crippen LogP contribution < -0.4 is 11.1 Å². The average molecular weight is 343 g/mol. The molecule has 7 heteroatoms. The maximum Gasteiger partial charge on any atom is 0.159 e. The van der Waals surface area contributed by atoms with Crippen molar-refractivity contribution in [3.8, 4) is 0 Å². The van der Waals surface area contributed by atoms with Gasteiger partial charge in [-0.15, -0.1) is 5.10 Å². The smallest absolute Gasteiger partial charge is 0.159 e. The van der Waals surface area contributed by atoms with Crippen molar-refractivity contribution in [2.24, 2.45) is 5.73 Å². The summed E-state index contributed by atoms with van der Waals surface area (Å²) >= 11 is 9.28. The van der Waals surface area contributed by atoms with E-state index in [1.54, 1.807) is 0 Å². The molecule has 1 aliphatic heterocycles. The molecule has 4 nitrogen and oxygen atoms in total. The molecule has 1 aromatic rings. The lowest BCUT2D eigenvalue weighted by Crippen LogP contribution is -2.26. The van der Waals surface area contributed by atoms with Gasteiger partial charge in [0.15, 0.2) is 5.82 Å². The Hall–Kier alpha value is -0.530. The number of aromatic nitrogens is 2. The Morgan fingerprint density at radius 2 is 2.14 bits per heavy atom. The third-order valence-electron chi connectivity index (χ3n) is 3.47. The van der Waals surface area contributed by atoms with Crippen LogP contribution >= 0.6 is 35.7 Å². The molecule has 1 fully saturated rings. The molecule has 1 atom stereocenters. The molecule has 0 aliphatic carbocycles. The van der Waals surface area contributed by atoms with Gasteiger partial charge in [-0.05, 0) is 18.4 Å². The summed E-state index contributed by atoms with van der Waals surface area (Å²) in [6.45, 7) is 5.07. The average Bonchev–Trinajstić information content (AvgIpc) is 2.52. The Morgan fingerprint density at radius 3 is 2.71 bits per heavy atom. The number of aryl methyl sites for hydroxylation is 1. The van der Waals surface area contributed by atoms with Gasteiger partial charge in [-0.25, -0.2) is 0 Å². The second-order valence-corrected chi connectivity index (χ2v) is 7.87. The van der Waals surface area contributed by atoms with Crippen molar-refractivity contribution in [2.45, 2.75) is 31.9 Å². The van der Waals surface area contributed by atoms with Crippen molar-refractivity contribution in [3.05, 3.63) is 16.8 Å². The van der Waals surface area contributed by atoms with Gasteiger partial charge in [0.05, 0.1) is 11.3 Å². The van der Waals surface area contributed by atoms with E-state index in [4.69, 9.17) is 18.0 Å². The van der Waals surface area contributed by atoms with Crippen molar-refractivity contribution in [3.63, 3.8) is 0 Å². The van der Waals surface area contributed by atoms with Gasteiger partial charge < -0.3 is 11.1 Å². The normalized spacial score (nSPS) is 18.5. The van der Waals surface area contributed by atoms with E-state index in [2.05, 4.69) is 29.4 Å². The second kappa shape index (κ2) is 8.19. The molecule has 1 aromatic heterocycles. The van der Waals surface area contributed by atoms with Crippen molar-refractivity contribution in [2.75, 3.05) is 29.1 Å². The van der Waals surface area contributed by atoms with E-state index in [1.165, 1.54) is 17.3 Å². The molecule has 0 amide bonds. The molecule has 2 rings (SSSR count). The number of nitrogens with zero attached hydrogens (tertiary/aromatic N) is 2. The van der Waals surface area contributed by atoms with E-state index in [0.717, 1.165) is 42.0 Å². The third-order valence-corrected chi connectivity index (χ3v) is 6.52. The number of nitrogens with one attached hydrogen (secondary N) is 1. The van der Waals surface area contributed by atoms with Gasteiger partial charge >= 0.3 is 0 Å². The third kappa shape index (κ3) is 4.23. The Labute approximate surface area is 140 Å². The zero-order valence-corrected chi connectivity index (χ0v) is 15.0.